The van der Waals surface area contributed by atoms with Gasteiger partial charge in [0.05, 0.1) is 5.52 Å². The van der Waals surface area contributed by atoms with E-state index < -0.39 is 7.29 Å². The van der Waals surface area contributed by atoms with Crippen LogP contribution in [0.3, 0.4) is 0 Å². The maximum absolute atomic E-state index is 14.4. The normalized spacial score (nSPS) is 11.7. The Hall–Kier alpha value is -2.57. The fourth-order valence-electron chi connectivity index (χ4n) is 3.21. The van der Waals surface area contributed by atoms with Crippen LogP contribution in [-0.2, 0) is 4.57 Å². The van der Waals surface area contributed by atoms with Gasteiger partial charge < -0.3 is 0 Å². The third-order valence-electron chi connectivity index (χ3n) is 4.45. The Morgan fingerprint density at radius 3 is 1.88 bits per heavy atom. The maximum atomic E-state index is 14.4. The molecular formula is C21H18NOP. The van der Waals surface area contributed by atoms with Gasteiger partial charge in [-0.3, -0.25) is 8.90 Å². The highest BCUT2D eigenvalue weighted by molar-refractivity contribution is 7.77. The molecule has 118 valence electrons. The number of fused-ring (bicyclic) bond motifs is 1. The van der Waals surface area contributed by atoms with Gasteiger partial charge in [0.1, 0.15) is 0 Å². The van der Waals surface area contributed by atoms with Gasteiger partial charge in [-0.15, -0.1) is 0 Å². The summed E-state index contributed by atoms with van der Waals surface area (Å²) in [7, 11) is -2.98. The monoisotopic (exact) mass is 331 g/mol. The molecule has 2 nitrogen and oxygen atoms in total. The first-order chi connectivity index (χ1) is 11.7. The summed E-state index contributed by atoms with van der Waals surface area (Å²) in [5.74, 6) is 0. The molecule has 0 N–H and O–H groups in total. The maximum Gasteiger partial charge on any atom is 0.233 e. The Labute approximate surface area is 141 Å². The summed E-state index contributed by atoms with van der Waals surface area (Å²) in [6.45, 7) is 2.09. The van der Waals surface area contributed by atoms with Gasteiger partial charge in [0.15, 0.2) is 0 Å². The van der Waals surface area contributed by atoms with Crippen LogP contribution in [0.2, 0.25) is 0 Å². The van der Waals surface area contributed by atoms with Crippen LogP contribution in [0.25, 0.3) is 10.9 Å². The quantitative estimate of drug-likeness (QED) is 0.498. The van der Waals surface area contributed by atoms with Crippen LogP contribution in [0.1, 0.15) is 5.56 Å². The van der Waals surface area contributed by atoms with Gasteiger partial charge in [-0.05, 0) is 48.9 Å². The van der Waals surface area contributed by atoms with E-state index in [1.807, 2.05) is 83.3 Å². The molecule has 4 rings (SSSR count). The first kappa shape index (κ1) is 15.0. The van der Waals surface area contributed by atoms with Gasteiger partial charge in [-0.1, -0.05) is 48.5 Å². The molecule has 0 saturated heterocycles. The topological polar surface area (TPSA) is 22.0 Å². The molecule has 0 aliphatic carbocycles. The Morgan fingerprint density at radius 2 is 1.29 bits per heavy atom. The van der Waals surface area contributed by atoms with Crippen LogP contribution in [0.15, 0.2) is 91.1 Å². The molecule has 0 aliphatic rings. The number of hydrogen-bond donors (Lipinski definition) is 0. The Bertz CT molecular complexity index is 992. The molecule has 0 amide bonds. The molecular weight excluding hydrogens is 313 g/mol. The van der Waals surface area contributed by atoms with Crippen LogP contribution in [0, 0.1) is 6.92 Å². The largest absolute Gasteiger partial charge is 0.291 e. The van der Waals surface area contributed by atoms with Crippen LogP contribution < -0.4 is 10.6 Å². The van der Waals surface area contributed by atoms with Gasteiger partial charge in [0.25, 0.3) is 0 Å². The van der Waals surface area contributed by atoms with E-state index in [1.165, 1.54) is 5.56 Å². The van der Waals surface area contributed by atoms with Crippen LogP contribution in [0.4, 0.5) is 0 Å². The van der Waals surface area contributed by atoms with Crippen molar-refractivity contribution in [2.24, 2.45) is 0 Å². The van der Waals surface area contributed by atoms with E-state index in [2.05, 4.69) is 19.1 Å². The molecule has 0 unspecified atom stereocenters. The lowest BCUT2D eigenvalue weighted by Gasteiger charge is -2.22. The number of nitrogens with zero attached hydrogens (tertiary/aromatic N) is 1. The van der Waals surface area contributed by atoms with E-state index in [1.54, 1.807) is 0 Å². The van der Waals surface area contributed by atoms with Crippen molar-refractivity contribution in [3.05, 3.63) is 96.7 Å². The van der Waals surface area contributed by atoms with E-state index in [0.717, 1.165) is 21.5 Å². The van der Waals surface area contributed by atoms with E-state index in [9.17, 15) is 4.57 Å². The lowest BCUT2D eigenvalue weighted by molar-refractivity contribution is 0.582. The number of benzene rings is 3. The summed E-state index contributed by atoms with van der Waals surface area (Å²) in [6, 6.07) is 27.7. The zero-order valence-electron chi connectivity index (χ0n) is 13.5. The number of rotatable bonds is 3. The number of aryl methyl sites for hydroxylation is 1. The molecule has 0 fully saturated rings. The Morgan fingerprint density at radius 1 is 0.708 bits per heavy atom. The average molecular weight is 331 g/mol. The van der Waals surface area contributed by atoms with E-state index in [-0.39, 0.29) is 0 Å². The van der Waals surface area contributed by atoms with Gasteiger partial charge in [0.2, 0.25) is 7.29 Å². The SMILES string of the molecule is Cc1cccc2c1ccn2P(=O)(c1ccccc1)c1ccccc1. The molecule has 3 heteroatoms. The predicted octanol–water partition coefficient (Wildman–Crippen LogP) is 4.73. The van der Waals surface area contributed by atoms with Crippen molar-refractivity contribution < 1.29 is 4.57 Å². The average Bonchev–Trinajstić information content (AvgIpc) is 3.08. The lowest BCUT2D eigenvalue weighted by atomic mass is 10.1. The van der Waals surface area contributed by atoms with Crippen LogP contribution in [-0.4, -0.2) is 4.34 Å². The minimum absolute atomic E-state index is 0.843. The molecule has 0 radical (unpaired) electrons. The molecule has 0 aliphatic heterocycles. The summed E-state index contributed by atoms with van der Waals surface area (Å²) in [5, 5.41) is 2.83. The van der Waals surface area contributed by atoms with E-state index in [4.69, 9.17) is 0 Å². The molecule has 24 heavy (non-hydrogen) atoms. The summed E-state index contributed by atoms with van der Waals surface area (Å²) in [5.41, 5.74) is 2.20. The van der Waals surface area contributed by atoms with E-state index in [0.29, 0.717) is 0 Å². The Kier molecular flexibility index (Phi) is 3.63. The van der Waals surface area contributed by atoms with Crippen molar-refractivity contribution in [2.45, 2.75) is 6.92 Å². The van der Waals surface area contributed by atoms with Crippen molar-refractivity contribution >= 4 is 28.8 Å². The number of aromatic nitrogens is 1. The predicted molar refractivity (Wildman–Crippen MR) is 102 cm³/mol. The zero-order valence-corrected chi connectivity index (χ0v) is 14.4. The summed E-state index contributed by atoms with van der Waals surface area (Å²) < 4.78 is 16.3. The second-order valence-electron chi connectivity index (χ2n) is 5.92. The molecule has 0 atom stereocenters. The first-order valence-corrected chi connectivity index (χ1v) is 9.66. The smallest absolute Gasteiger partial charge is 0.233 e. The van der Waals surface area contributed by atoms with Crippen molar-refractivity contribution in [1.82, 2.24) is 4.34 Å². The van der Waals surface area contributed by atoms with Crippen LogP contribution in [0.5, 0.6) is 0 Å². The third-order valence-corrected chi connectivity index (χ3v) is 7.40. The second kappa shape index (κ2) is 5.81. The standard InChI is InChI=1S/C21H18NOP/c1-17-9-8-14-21-20(17)15-16-22(21)24(23,18-10-4-2-5-11-18)19-12-6-3-7-13-19/h2-16H,1H3. The first-order valence-electron chi connectivity index (χ1n) is 8.00. The molecule has 1 heterocycles. The van der Waals surface area contributed by atoms with Crippen LogP contribution >= 0.6 is 7.29 Å². The molecule has 0 spiro atoms. The molecule has 4 aromatic rings. The van der Waals surface area contributed by atoms with Crippen molar-refractivity contribution in [1.29, 1.82) is 0 Å². The second-order valence-corrected chi connectivity index (χ2v) is 8.53. The highest BCUT2D eigenvalue weighted by atomic mass is 31.2. The summed E-state index contributed by atoms with van der Waals surface area (Å²) in [6.07, 6.45) is 1.96. The minimum atomic E-state index is -2.98. The summed E-state index contributed by atoms with van der Waals surface area (Å²) in [4.78, 5) is 0. The Balaban J connectivity index is 2.07. The van der Waals surface area contributed by atoms with Gasteiger partial charge in [-0.25, -0.2) is 0 Å². The molecule has 1 aromatic heterocycles. The minimum Gasteiger partial charge on any atom is -0.291 e. The fraction of sp³-hybridized carbons (Fsp3) is 0.0476. The summed E-state index contributed by atoms with van der Waals surface area (Å²) >= 11 is 0. The highest BCUT2D eigenvalue weighted by Gasteiger charge is 2.30. The third kappa shape index (κ3) is 2.23. The highest BCUT2D eigenvalue weighted by Crippen LogP contribution is 2.47. The van der Waals surface area contributed by atoms with E-state index >= 15 is 0 Å². The molecule has 0 bridgehead atoms. The fourth-order valence-corrected chi connectivity index (χ4v) is 5.89. The van der Waals surface area contributed by atoms with Crippen molar-refractivity contribution in [2.75, 3.05) is 0 Å². The zero-order chi connectivity index (χ0) is 16.6. The molecule has 3 aromatic carbocycles. The van der Waals surface area contributed by atoms with Gasteiger partial charge >= 0.3 is 0 Å². The lowest BCUT2D eigenvalue weighted by Crippen LogP contribution is -2.20. The van der Waals surface area contributed by atoms with Gasteiger partial charge in [-0.2, -0.15) is 0 Å². The van der Waals surface area contributed by atoms with Gasteiger partial charge in [0, 0.05) is 22.2 Å². The number of hydrogen-bond acceptors (Lipinski definition) is 1. The van der Waals surface area contributed by atoms with Crippen molar-refractivity contribution in [3.63, 3.8) is 0 Å². The molecule has 0 saturated carbocycles. The van der Waals surface area contributed by atoms with Crippen molar-refractivity contribution in [3.8, 4) is 0 Å².